The van der Waals surface area contributed by atoms with Gasteiger partial charge in [0.1, 0.15) is 0 Å². The van der Waals surface area contributed by atoms with E-state index < -0.39 is 9.84 Å². The fraction of sp³-hybridized carbons (Fsp3) is 0.409. The summed E-state index contributed by atoms with van der Waals surface area (Å²) in [6.45, 7) is 2.64. The van der Waals surface area contributed by atoms with Crippen LogP contribution in [0.4, 0.5) is 5.69 Å². The Morgan fingerprint density at radius 1 is 1.13 bits per heavy atom. The summed E-state index contributed by atoms with van der Waals surface area (Å²) >= 11 is 0. The predicted octanol–water partition coefficient (Wildman–Crippen LogP) is 2.72. The van der Waals surface area contributed by atoms with E-state index >= 15 is 0 Å². The third-order valence-corrected chi connectivity index (χ3v) is 7.40. The van der Waals surface area contributed by atoms with Crippen LogP contribution in [0.2, 0.25) is 0 Å². The van der Waals surface area contributed by atoms with Crippen molar-refractivity contribution in [3.63, 3.8) is 0 Å². The van der Waals surface area contributed by atoms with Gasteiger partial charge in [-0.05, 0) is 35.6 Å². The third-order valence-electron chi connectivity index (χ3n) is 5.64. The second-order valence-corrected chi connectivity index (χ2v) is 10.0. The first-order valence-corrected chi connectivity index (χ1v) is 11.9. The Hall–Kier alpha value is -1.81. The monoisotopic (exact) mass is 540 g/mol. The summed E-state index contributed by atoms with van der Waals surface area (Å²) in [6.07, 6.45) is 1.75. The molecule has 0 amide bonds. The van der Waals surface area contributed by atoms with Gasteiger partial charge in [0.25, 0.3) is 0 Å². The Kier molecular flexibility index (Phi) is 7.62. The summed E-state index contributed by atoms with van der Waals surface area (Å²) in [5, 5.41) is 6.49. The van der Waals surface area contributed by atoms with Gasteiger partial charge in [0.15, 0.2) is 15.8 Å². The van der Waals surface area contributed by atoms with Crippen LogP contribution in [0.25, 0.3) is 0 Å². The third kappa shape index (κ3) is 5.66. The molecule has 1 atom stereocenters. The minimum atomic E-state index is -2.90. The van der Waals surface area contributed by atoms with Crippen molar-refractivity contribution in [3.8, 4) is 0 Å². The van der Waals surface area contributed by atoms with Crippen LogP contribution in [0, 0.1) is 0 Å². The lowest BCUT2D eigenvalue weighted by molar-refractivity contribution is 0.599. The standard InChI is InChI=1S/C22H28N4O2S.HI/c1-23-22(25-20-11-13-29(27,28)16-20)24-14-17-6-8-18(9-7-17)15-26-12-10-19-4-2-3-5-21(19)26;/h2-9,20H,10-16H2,1H3,(H2,23,24,25);1H. The Balaban J connectivity index is 0.00000256. The average Bonchev–Trinajstić information content (AvgIpc) is 3.29. The van der Waals surface area contributed by atoms with Gasteiger partial charge in [0.05, 0.1) is 11.5 Å². The van der Waals surface area contributed by atoms with Crippen LogP contribution in [-0.4, -0.2) is 45.5 Å². The number of hydrogen-bond donors (Lipinski definition) is 2. The SMILES string of the molecule is CN=C(NCc1ccc(CN2CCc3ccccc32)cc1)NC1CCS(=O)(=O)C1.I. The summed E-state index contributed by atoms with van der Waals surface area (Å²) in [5.41, 5.74) is 5.24. The van der Waals surface area contributed by atoms with Crippen molar-refractivity contribution in [1.82, 2.24) is 10.6 Å². The van der Waals surface area contributed by atoms with Crippen molar-refractivity contribution < 1.29 is 8.42 Å². The molecule has 0 saturated carbocycles. The van der Waals surface area contributed by atoms with Crippen molar-refractivity contribution in [2.75, 3.05) is 30.0 Å². The highest BCUT2D eigenvalue weighted by Gasteiger charge is 2.28. The number of anilines is 1. The molecule has 1 unspecified atom stereocenters. The second-order valence-electron chi connectivity index (χ2n) is 7.79. The van der Waals surface area contributed by atoms with Crippen molar-refractivity contribution in [1.29, 1.82) is 0 Å². The van der Waals surface area contributed by atoms with Crippen LogP contribution < -0.4 is 15.5 Å². The molecule has 2 aromatic rings. The molecule has 0 spiro atoms. The minimum absolute atomic E-state index is 0. The number of fused-ring (bicyclic) bond motifs is 1. The number of hydrogen-bond acceptors (Lipinski definition) is 4. The number of nitrogens with one attached hydrogen (secondary N) is 2. The van der Waals surface area contributed by atoms with Crippen LogP contribution in [0.5, 0.6) is 0 Å². The van der Waals surface area contributed by atoms with Gasteiger partial charge in [-0.2, -0.15) is 0 Å². The summed E-state index contributed by atoms with van der Waals surface area (Å²) < 4.78 is 23.2. The van der Waals surface area contributed by atoms with Crippen LogP contribution in [0.1, 0.15) is 23.1 Å². The smallest absolute Gasteiger partial charge is 0.191 e. The normalized spacial score (nSPS) is 19.8. The lowest BCUT2D eigenvalue weighted by Crippen LogP contribution is -2.43. The van der Waals surface area contributed by atoms with Gasteiger partial charge < -0.3 is 15.5 Å². The minimum Gasteiger partial charge on any atom is -0.367 e. The predicted molar refractivity (Wildman–Crippen MR) is 133 cm³/mol. The number of para-hydroxylation sites is 1. The summed E-state index contributed by atoms with van der Waals surface area (Å²) in [5.74, 6) is 1.08. The molecule has 0 aliphatic carbocycles. The van der Waals surface area contributed by atoms with E-state index in [2.05, 4.69) is 69.1 Å². The Morgan fingerprint density at radius 2 is 1.87 bits per heavy atom. The van der Waals surface area contributed by atoms with Gasteiger partial charge in [0, 0.05) is 38.4 Å². The van der Waals surface area contributed by atoms with Crippen molar-refractivity contribution >= 4 is 45.5 Å². The maximum absolute atomic E-state index is 11.6. The molecule has 2 aliphatic heterocycles. The van der Waals surface area contributed by atoms with Gasteiger partial charge >= 0.3 is 0 Å². The zero-order valence-electron chi connectivity index (χ0n) is 17.2. The van der Waals surface area contributed by atoms with Crippen molar-refractivity contribution in [2.45, 2.75) is 32.0 Å². The molecule has 2 heterocycles. The summed E-state index contributed by atoms with van der Waals surface area (Å²) in [7, 11) is -1.20. The number of halogens is 1. The maximum atomic E-state index is 11.6. The van der Waals surface area contributed by atoms with Gasteiger partial charge in [-0.3, -0.25) is 4.99 Å². The molecule has 6 nitrogen and oxygen atoms in total. The molecule has 1 saturated heterocycles. The zero-order chi connectivity index (χ0) is 20.3. The van der Waals surface area contributed by atoms with Crippen LogP contribution in [0.3, 0.4) is 0 Å². The average molecular weight is 540 g/mol. The highest BCUT2D eigenvalue weighted by molar-refractivity contribution is 14.0. The van der Waals surface area contributed by atoms with Gasteiger partial charge in [-0.25, -0.2) is 8.42 Å². The van der Waals surface area contributed by atoms with Crippen LogP contribution in [-0.2, 0) is 29.3 Å². The van der Waals surface area contributed by atoms with Crippen molar-refractivity contribution in [2.24, 2.45) is 4.99 Å². The van der Waals surface area contributed by atoms with Gasteiger partial charge in [-0.1, -0.05) is 42.5 Å². The molecule has 0 bridgehead atoms. The molecular weight excluding hydrogens is 511 g/mol. The molecule has 2 aliphatic rings. The van der Waals surface area contributed by atoms with E-state index in [0.717, 1.165) is 25.1 Å². The molecule has 4 rings (SSSR count). The largest absolute Gasteiger partial charge is 0.367 e. The van der Waals surface area contributed by atoms with E-state index in [1.807, 2.05) is 0 Å². The first kappa shape index (κ1) is 22.9. The zero-order valence-corrected chi connectivity index (χ0v) is 20.3. The molecule has 30 heavy (non-hydrogen) atoms. The highest BCUT2D eigenvalue weighted by Crippen LogP contribution is 2.28. The van der Waals surface area contributed by atoms with Crippen LogP contribution in [0.15, 0.2) is 53.5 Å². The number of nitrogens with zero attached hydrogens (tertiary/aromatic N) is 2. The van der Waals surface area contributed by atoms with E-state index in [1.54, 1.807) is 7.05 Å². The fourth-order valence-corrected chi connectivity index (χ4v) is 5.71. The molecule has 8 heteroatoms. The summed E-state index contributed by atoms with van der Waals surface area (Å²) in [4.78, 5) is 6.65. The van der Waals surface area contributed by atoms with E-state index in [-0.39, 0.29) is 41.5 Å². The Bertz CT molecular complexity index is 992. The number of guanidine groups is 1. The molecule has 0 aromatic heterocycles. The first-order valence-electron chi connectivity index (χ1n) is 10.1. The Labute approximate surface area is 196 Å². The van der Waals surface area contributed by atoms with Crippen molar-refractivity contribution in [3.05, 3.63) is 65.2 Å². The molecule has 2 N–H and O–H groups in total. The second kappa shape index (κ2) is 10.00. The van der Waals surface area contributed by atoms with Crippen LogP contribution >= 0.6 is 24.0 Å². The quantitative estimate of drug-likeness (QED) is 0.347. The number of benzene rings is 2. The van der Waals surface area contributed by atoms with E-state index in [1.165, 1.54) is 16.8 Å². The molecule has 2 aromatic carbocycles. The lowest BCUT2D eigenvalue weighted by Gasteiger charge is -2.20. The molecule has 0 radical (unpaired) electrons. The van der Waals surface area contributed by atoms with E-state index in [0.29, 0.717) is 18.9 Å². The van der Waals surface area contributed by atoms with E-state index in [4.69, 9.17) is 0 Å². The summed E-state index contributed by atoms with van der Waals surface area (Å²) in [6, 6.07) is 17.2. The van der Waals surface area contributed by atoms with Gasteiger partial charge in [-0.15, -0.1) is 24.0 Å². The molecule has 162 valence electrons. The highest BCUT2D eigenvalue weighted by atomic mass is 127. The molecule has 1 fully saturated rings. The lowest BCUT2D eigenvalue weighted by atomic mass is 10.1. The van der Waals surface area contributed by atoms with Gasteiger partial charge in [0.2, 0.25) is 0 Å². The topological polar surface area (TPSA) is 73.8 Å². The fourth-order valence-electron chi connectivity index (χ4n) is 4.04. The maximum Gasteiger partial charge on any atom is 0.191 e. The number of aliphatic imine (C=N–C) groups is 1. The number of rotatable bonds is 5. The molecular formula is C22H29IN4O2S. The number of sulfone groups is 1. The first-order chi connectivity index (χ1) is 14.0. The van der Waals surface area contributed by atoms with E-state index in [9.17, 15) is 8.42 Å². The Morgan fingerprint density at radius 3 is 2.57 bits per heavy atom.